The van der Waals surface area contributed by atoms with Crippen LogP contribution in [-0.2, 0) is 4.74 Å². The number of pyridine rings is 1. The highest BCUT2D eigenvalue weighted by Crippen LogP contribution is 2.23. The molecule has 23 heavy (non-hydrogen) atoms. The molecule has 1 aliphatic heterocycles. The van der Waals surface area contributed by atoms with Crippen molar-refractivity contribution in [1.29, 1.82) is 0 Å². The van der Waals surface area contributed by atoms with E-state index in [0.717, 1.165) is 54.8 Å². The summed E-state index contributed by atoms with van der Waals surface area (Å²) in [4.78, 5) is 14.6. The van der Waals surface area contributed by atoms with Crippen LogP contribution in [-0.4, -0.2) is 41.3 Å². The molecule has 0 unspecified atom stereocenters. The second kappa shape index (κ2) is 6.22. The zero-order valence-electron chi connectivity index (χ0n) is 12.8. The van der Waals surface area contributed by atoms with E-state index in [2.05, 4.69) is 38.1 Å². The number of nitrogens with one attached hydrogen (secondary N) is 1. The van der Waals surface area contributed by atoms with Gasteiger partial charge < -0.3 is 14.6 Å². The van der Waals surface area contributed by atoms with Gasteiger partial charge in [0.15, 0.2) is 0 Å². The topological polar surface area (TPSA) is 54.0 Å². The molecule has 0 atom stereocenters. The summed E-state index contributed by atoms with van der Waals surface area (Å²) in [5.41, 5.74) is 3.13. The maximum absolute atomic E-state index is 5.37. The lowest BCUT2D eigenvalue weighted by atomic mass is 10.2. The Labute approximate surface area is 135 Å². The van der Waals surface area contributed by atoms with E-state index in [-0.39, 0.29) is 0 Å². The molecule has 0 spiro atoms. The highest BCUT2D eigenvalue weighted by molar-refractivity contribution is 5.64. The summed E-state index contributed by atoms with van der Waals surface area (Å²) >= 11 is 0. The first-order valence-electron chi connectivity index (χ1n) is 7.80. The first kappa shape index (κ1) is 14.0. The normalized spacial score (nSPS) is 14.9. The molecule has 0 amide bonds. The number of hydrogen-bond acceptors (Lipinski definition) is 4. The highest BCUT2D eigenvalue weighted by Gasteiger charge is 2.13. The maximum atomic E-state index is 5.37. The molecular formula is C18H18N4O. The summed E-state index contributed by atoms with van der Waals surface area (Å²) in [5, 5.41) is 0. The largest absolute Gasteiger partial charge is 0.378 e. The minimum absolute atomic E-state index is 0.766. The average molecular weight is 306 g/mol. The molecule has 1 saturated heterocycles. The van der Waals surface area contributed by atoms with Crippen LogP contribution in [0.15, 0.2) is 54.9 Å². The van der Waals surface area contributed by atoms with E-state index in [0.29, 0.717) is 0 Å². The van der Waals surface area contributed by atoms with Crippen LogP contribution in [0.25, 0.3) is 22.6 Å². The Morgan fingerprint density at radius 2 is 1.70 bits per heavy atom. The van der Waals surface area contributed by atoms with Crippen molar-refractivity contribution < 1.29 is 4.74 Å². The molecule has 1 aromatic carbocycles. The predicted octanol–water partition coefficient (Wildman–Crippen LogP) is 2.98. The lowest BCUT2D eigenvalue weighted by Crippen LogP contribution is -2.36. The van der Waals surface area contributed by atoms with E-state index in [4.69, 9.17) is 4.74 Å². The number of morpholine rings is 1. The van der Waals surface area contributed by atoms with Gasteiger partial charge in [-0.05, 0) is 17.7 Å². The van der Waals surface area contributed by atoms with E-state index >= 15 is 0 Å². The highest BCUT2D eigenvalue weighted by atomic mass is 16.5. The van der Waals surface area contributed by atoms with Crippen molar-refractivity contribution in [3.05, 3.63) is 54.9 Å². The van der Waals surface area contributed by atoms with Gasteiger partial charge >= 0.3 is 0 Å². The van der Waals surface area contributed by atoms with E-state index in [1.807, 2.05) is 36.7 Å². The van der Waals surface area contributed by atoms with Crippen molar-refractivity contribution in [2.45, 2.75) is 0 Å². The summed E-state index contributed by atoms with van der Waals surface area (Å²) in [7, 11) is 0. The smallest absolute Gasteiger partial charge is 0.139 e. The van der Waals surface area contributed by atoms with Crippen LogP contribution in [0.1, 0.15) is 0 Å². The molecule has 3 heterocycles. The number of aromatic nitrogens is 3. The number of anilines is 1. The van der Waals surface area contributed by atoms with Gasteiger partial charge in [-0.15, -0.1) is 0 Å². The Kier molecular flexibility index (Phi) is 3.78. The predicted molar refractivity (Wildman–Crippen MR) is 90.3 cm³/mol. The molecule has 116 valence electrons. The Hall–Kier alpha value is -2.66. The molecule has 2 aromatic heterocycles. The first-order chi connectivity index (χ1) is 11.4. The number of hydrogen-bond donors (Lipinski definition) is 1. The minimum atomic E-state index is 0.766. The lowest BCUT2D eigenvalue weighted by Gasteiger charge is -2.27. The van der Waals surface area contributed by atoms with Gasteiger partial charge in [0.25, 0.3) is 0 Å². The fourth-order valence-corrected chi connectivity index (χ4v) is 2.74. The van der Waals surface area contributed by atoms with Crippen molar-refractivity contribution in [2.75, 3.05) is 31.2 Å². The van der Waals surface area contributed by atoms with Crippen molar-refractivity contribution in [3.8, 4) is 22.6 Å². The Balaban J connectivity index is 1.55. The van der Waals surface area contributed by atoms with Crippen molar-refractivity contribution in [2.24, 2.45) is 0 Å². The van der Waals surface area contributed by atoms with Crippen LogP contribution in [0.4, 0.5) is 5.82 Å². The summed E-state index contributed by atoms with van der Waals surface area (Å²) in [5.74, 6) is 1.83. The van der Waals surface area contributed by atoms with Gasteiger partial charge in [0, 0.05) is 24.8 Å². The van der Waals surface area contributed by atoms with Crippen LogP contribution in [0.5, 0.6) is 0 Å². The summed E-state index contributed by atoms with van der Waals surface area (Å²) < 4.78 is 5.37. The molecule has 1 N–H and O–H groups in total. The van der Waals surface area contributed by atoms with Crippen LogP contribution < -0.4 is 4.90 Å². The van der Waals surface area contributed by atoms with Crippen LogP contribution >= 0.6 is 0 Å². The number of benzene rings is 1. The number of H-pyrrole nitrogens is 1. The number of rotatable bonds is 3. The van der Waals surface area contributed by atoms with E-state index in [9.17, 15) is 0 Å². The lowest BCUT2D eigenvalue weighted by molar-refractivity contribution is 0.122. The third kappa shape index (κ3) is 2.96. The van der Waals surface area contributed by atoms with E-state index in [1.54, 1.807) is 0 Å². The molecule has 0 saturated carbocycles. The molecule has 4 rings (SSSR count). The summed E-state index contributed by atoms with van der Waals surface area (Å²) in [6, 6.07) is 14.3. The van der Waals surface area contributed by atoms with Gasteiger partial charge in [-0.1, -0.05) is 30.3 Å². The molecule has 0 bridgehead atoms. The van der Waals surface area contributed by atoms with Crippen molar-refractivity contribution in [1.82, 2.24) is 15.0 Å². The minimum Gasteiger partial charge on any atom is -0.378 e. The Morgan fingerprint density at radius 1 is 0.870 bits per heavy atom. The molecule has 1 fully saturated rings. The zero-order chi connectivity index (χ0) is 15.5. The SMILES string of the molecule is c1ccc(-c2cnc(-c3ccc(N4CCOCC4)nc3)[nH]2)cc1. The number of ether oxygens (including phenoxy) is 1. The third-order valence-electron chi connectivity index (χ3n) is 4.02. The van der Waals surface area contributed by atoms with E-state index < -0.39 is 0 Å². The summed E-state index contributed by atoms with van der Waals surface area (Å²) in [6.07, 6.45) is 3.74. The van der Waals surface area contributed by atoms with Gasteiger partial charge in [-0.3, -0.25) is 0 Å². The molecule has 5 heteroatoms. The molecule has 1 aliphatic rings. The molecule has 3 aromatic rings. The monoisotopic (exact) mass is 306 g/mol. The van der Waals surface area contributed by atoms with Gasteiger partial charge in [0.2, 0.25) is 0 Å². The van der Waals surface area contributed by atoms with Gasteiger partial charge in [-0.25, -0.2) is 9.97 Å². The third-order valence-corrected chi connectivity index (χ3v) is 4.02. The fraction of sp³-hybridized carbons (Fsp3) is 0.222. The van der Waals surface area contributed by atoms with Gasteiger partial charge in [-0.2, -0.15) is 0 Å². The molecule has 0 radical (unpaired) electrons. The number of aromatic amines is 1. The second-order valence-electron chi connectivity index (χ2n) is 5.52. The van der Waals surface area contributed by atoms with E-state index in [1.165, 1.54) is 0 Å². The van der Waals surface area contributed by atoms with Crippen LogP contribution in [0, 0.1) is 0 Å². The fourth-order valence-electron chi connectivity index (χ4n) is 2.74. The average Bonchev–Trinajstić information content (AvgIpc) is 3.14. The quantitative estimate of drug-likeness (QED) is 0.808. The zero-order valence-corrected chi connectivity index (χ0v) is 12.8. The van der Waals surface area contributed by atoms with Crippen LogP contribution in [0.2, 0.25) is 0 Å². The molecule has 0 aliphatic carbocycles. The molecule has 5 nitrogen and oxygen atoms in total. The maximum Gasteiger partial charge on any atom is 0.139 e. The summed E-state index contributed by atoms with van der Waals surface area (Å²) in [6.45, 7) is 3.32. The van der Waals surface area contributed by atoms with Crippen LogP contribution in [0.3, 0.4) is 0 Å². The first-order valence-corrected chi connectivity index (χ1v) is 7.80. The van der Waals surface area contributed by atoms with Gasteiger partial charge in [0.1, 0.15) is 11.6 Å². The number of nitrogens with zero attached hydrogens (tertiary/aromatic N) is 3. The Morgan fingerprint density at radius 3 is 2.43 bits per heavy atom. The standard InChI is InChI=1S/C18H18N4O/c1-2-4-14(5-3-1)16-13-20-18(21-16)15-6-7-17(19-12-15)22-8-10-23-11-9-22/h1-7,12-13H,8-11H2,(H,20,21). The van der Waals surface area contributed by atoms with Crippen molar-refractivity contribution in [3.63, 3.8) is 0 Å². The van der Waals surface area contributed by atoms with Crippen molar-refractivity contribution >= 4 is 5.82 Å². The Bertz CT molecular complexity index is 761. The second-order valence-corrected chi connectivity index (χ2v) is 5.52. The van der Waals surface area contributed by atoms with Gasteiger partial charge in [0.05, 0.1) is 25.1 Å². The molecular weight excluding hydrogens is 288 g/mol. The number of imidazole rings is 1.